The van der Waals surface area contributed by atoms with Gasteiger partial charge in [0.1, 0.15) is 30.5 Å². The third-order valence-corrected chi connectivity index (χ3v) is 4.99. The van der Waals surface area contributed by atoms with Crippen molar-refractivity contribution in [2.24, 2.45) is 0 Å². The van der Waals surface area contributed by atoms with E-state index in [4.69, 9.17) is 4.74 Å². The van der Waals surface area contributed by atoms with Gasteiger partial charge in [-0.2, -0.15) is 0 Å². The normalized spacial score (nSPS) is 10.8. The Morgan fingerprint density at radius 3 is 2.69 bits per heavy atom. The molecule has 0 atom stereocenters. The number of benzene rings is 2. The van der Waals surface area contributed by atoms with Crippen LogP contribution in [0.3, 0.4) is 0 Å². The molecule has 2 N–H and O–H groups in total. The Hall–Kier alpha value is -5.08. The zero-order valence-corrected chi connectivity index (χ0v) is 19.5. The van der Waals surface area contributed by atoms with Crippen LogP contribution < -0.4 is 15.4 Å². The zero-order chi connectivity index (χ0) is 24.9. The van der Waals surface area contributed by atoms with Crippen LogP contribution in [0.4, 0.5) is 17.2 Å². The van der Waals surface area contributed by atoms with Crippen molar-refractivity contribution in [3.8, 4) is 23.5 Å². The fourth-order valence-electron chi connectivity index (χ4n) is 3.30. The molecule has 0 bridgehead atoms. The SMILES string of the molecule is CN(C)CC#CC(=O)Nc1ccc2ncnc(Nc3ccc(Oc4cc5nncn5cn4)cc3)c2c1. The summed E-state index contributed by atoms with van der Waals surface area (Å²) in [5.74, 6) is 6.65. The lowest BCUT2D eigenvalue weighted by Crippen LogP contribution is -2.13. The van der Waals surface area contributed by atoms with Crippen LogP contribution in [-0.4, -0.2) is 61.0 Å². The molecule has 2 aromatic carbocycles. The number of nitrogens with zero attached hydrogens (tertiary/aromatic N) is 7. The summed E-state index contributed by atoms with van der Waals surface area (Å²) < 4.78 is 7.52. The van der Waals surface area contributed by atoms with Crippen LogP contribution in [0.5, 0.6) is 11.6 Å². The molecular formula is C25H21N9O2. The average Bonchev–Trinajstić information content (AvgIpc) is 3.33. The minimum absolute atomic E-state index is 0.379. The molecule has 0 unspecified atom stereocenters. The van der Waals surface area contributed by atoms with Crippen molar-refractivity contribution in [1.29, 1.82) is 0 Å². The first-order valence-corrected chi connectivity index (χ1v) is 10.9. The van der Waals surface area contributed by atoms with E-state index in [0.717, 1.165) is 16.6 Å². The van der Waals surface area contributed by atoms with Gasteiger partial charge in [0.15, 0.2) is 5.65 Å². The highest BCUT2D eigenvalue weighted by Crippen LogP contribution is 2.27. The maximum atomic E-state index is 12.1. The van der Waals surface area contributed by atoms with E-state index in [1.165, 1.54) is 6.33 Å². The molecule has 3 heterocycles. The molecule has 0 aliphatic carbocycles. The molecule has 0 saturated heterocycles. The summed E-state index contributed by atoms with van der Waals surface area (Å²) in [6.07, 6.45) is 4.65. The third kappa shape index (κ3) is 5.35. The lowest BCUT2D eigenvalue weighted by Gasteiger charge is -2.11. The summed E-state index contributed by atoms with van der Waals surface area (Å²) in [5.41, 5.74) is 2.78. The number of aromatic nitrogens is 6. The quantitative estimate of drug-likeness (QED) is 0.354. The van der Waals surface area contributed by atoms with Gasteiger partial charge in [0, 0.05) is 22.8 Å². The maximum Gasteiger partial charge on any atom is 0.300 e. The molecule has 0 spiro atoms. The van der Waals surface area contributed by atoms with E-state index in [-0.39, 0.29) is 5.91 Å². The van der Waals surface area contributed by atoms with E-state index in [0.29, 0.717) is 35.3 Å². The van der Waals surface area contributed by atoms with Gasteiger partial charge in [-0.3, -0.25) is 14.1 Å². The van der Waals surface area contributed by atoms with Gasteiger partial charge < -0.3 is 15.4 Å². The highest BCUT2D eigenvalue weighted by atomic mass is 16.5. The van der Waals surface area contributed by atoms with Crippen molar-refractivity contribution in [1.82, 2.24) is 34.4 Å². The molecule has 11 heteroatoms. The molecule has 178 valence electrons. The molecule has 0 fully saturated rings. The minimum Gasteiger partial charge on any atom is -0.439 e. The van der Waals surface area contributed by atoms with Crippen molar-refractivity contribution in [3.05, 3.63) is 67.5 Å². The van der Waals surface area contributed by atoms with Crippen LogP contribution in [0.15, 0.2) is 67.5 Å². The first kappa shape index (κ1) is 22.7. The van der Waals surface area contributed by atoms with Crippen molar-refractivity contribution in [2.45, 2.75) is 0 Å². The molecule has 0 radical (unpaired) electrons. The van der Waals surface area contributed by atoms with Crippen molar-refractivity contribution in [2.75, 3.05) is 31.3 Å². The van der Waals surface area contributed by atoms with Crippen LogP contribution in [0.2, 0.25) is 0 Å². The number of amides is 1. The predicted octanol–water partition coefficient (Wildman–Crippen LogP) is 3.11. The first-order chi connectivity index (χ1) is 17.5. The highest BCUT2D eigenvalue weighted by molar-refractivity contribution is 6.05. The van der Waals surface area contributed by atoms with E-state index in [1.54, 1.807) is 29.2 Å². The summed E-state index contributed by atoms with van der Waals surface area (Å²) in [7, 11) is 3.78. The fourth-order valence-corrected chi connectivity index (χ4v) is 3.30. The predicted molar refractivity (Wildman–Crippen MR) is 135 cm³/mol. The van der Waals surface area contributed by atoms with Crippen LogP contribution >= 0.6 is 0 Å². The lowest BCUT2D eigenvalue weighted by molar-refractivity contribution is -0.111. The summed E-state index contributed by atoms with van der Waals surface area (Å²) >= 11 is 0. The van der Waals surface area contributed by atoms with Crippen LogP contribution in [0, 0.1) is 11.8 Å². The van der Waals surface area contributed by atoms with Gasteiger partial charge >= 0.3 is 0 Å². The van der Waals surface area contributed by atoms with Gasteiger partial charge in [0.25, 0.3) is 5.91 Å². The van der Waals surface area contributed by atoms with Crippen LogP contribution in [0.1, 0.15) is 0 Å². The minimum atomic E-state index is -0.379. The van der Waals surface area contributed by atoms with E-state index in [2.05, 4.69) is 47.6 Å². The van der Waals surface area contributed by atoms with Gasteiger partial charge in [-0.1, -0.05) is 5.92 Å². The first-order valence-electron chi connectivity index (χ1n) is 10.9. The van der Waals surface area contributed by atoms with Gasteiger partial charge in [-0.15, -0.1) is 10.2 Å². The summed E-state index contributed by atoms with van der Waals surface area (Å²) in [4.78, 5) is 27.0. The van der Waals surface area contributed by atoms with Gasteiger partial charge in [0.05, 0.1) is 12.1 Å². The zero-order valence-electron chi connectivity index (χ0n) is 19.5. The number of fused-ring (bicyclic) bond motifs is 2. The van der Waals surface area contributed by atoms with E-state index >= 15 is 0 Å². The fraction of sp³-hybridized carbons (Fsp3) is 0.120. The Morgan fingerprint density at radius 2 is 1.86 bits per heavy atom. The number of carbonyl (C=O) groups excluding carboxylic acids is 1. The Labute approximate surface area is 206 Å². The number of anilines is 3. The highest BCUT2D eigenvalue weighted by Gasteiger charge is 2.08. The Kier molecular flexibility index (Phi) is 6.33. The number of ether oxygens (including phenoxy) is 1. The van der Waals surface area contributed by atoms with Gasteiger partial charge in [-0.05, 0) is 62.5 Å². The summed E-state index contributed by atoms with van der Waals surface area (Å²) in [5, 5.41) is 14.7. The second-order valence-electron chi connectivity index (χ2n) is 8.02. The van der Waals surface area contributed by atoms with Gasteiger partial charge in [-0.25, -0.2) is 15.0 Å². The molecule has 5 rings (SSSR count). The largest absolute Gasteiger partial charge is 0.439 e. The molecule has 3 aromatic heterocycles. The maximum absolute atomic E-state index is 12.1. The Bertz CT molecular complexity index is 1600. The van der Waals surface area contributed by atoms with E-state index in [9.17, 15) is 4.79 Å². The smallest absolute Gasteiger partial charge is 0.300 e. The summed E-state index contributed by atoms with van der Waals surface area (Å²) in [6, 6.07) is 14.5. The molecule has 36 heavy (non-hydrogen) atoms. The van der Waals surface area contributed by atoms with Crippen LogP contribution in [0.25, 0.3) is 16.6 Å². The lowest BCUT2D eigenvalue weighted by atomic mass is 10.2. The topological polar surface area (TPSA) is 122 Å². The van der Waals surface area contributed by atoms with Crippen LogP contribution in [-0.2, 0) is 4.79 Å². The average molecular weight is 480 g/mol. The second-order valence-corrected chi connectivity index (χ2v) is 8.02. The second kappa shape index (κ2) is 10.0. The summed E-state index contributed by atoms with van der Waals surface area (Å²) in [6.45, 7) is 0.505. The molecule has 0 aliphatic heterocycles. The Balaban J connectivity index is 1.30. The van der Waals surface area contributed by atoms with Crippen molar-refractivity contribution < 1.29 is 9.53 Å². The monoisotopic (exact) mass is 479 g/mol. The van der Waals surface area contributed by atoms with Crippen molar-refractivity contribution in [3.63, 3.8) is 0 Å². The van der Waals surface area contributed by atoms with Gasteiger partial charge in [0.2, 0.25) is 5.88 Å². The van der Waals surface area contributed by atoms with E-state index < -0.39 is 0 Å². The van der Waals surface area contributed by atoms with Crippen molar-refractivity contribution >= 4 is 39.6 Å². The molecule has 1 amide bonds. The molecule has 0 saturated carbocycles. The number of hydrogen-bond acceptors (Lipinski definition) is 9. The molecule has 11 nitrogen and oxygen atoms in total. The number of carbonyl (C=O) groups is 1. The number of hydrogen-bond donors (Lipinski definition) is 2. The molecule has 5 aromatic rings. The molecular weight excluding hydrogens is 458 g/mol. The molecule has 0 aliphatic rings. The third-order valence-electron chi connectivity index (χ3n) is 4.99. The van der Waals surface area contributed by atoms with E-state index in [1.807, 2.05) is 55.4 Å². The number of rotatable bonds is 6. The Morgan fingerprint density at radius 1 is 1.03 bits per heavy atom. The standard InChI is InChI=1S/C25H21N9O2/c1-33(2)11-3-4-23(35)30-18-7-10-21-20(12-18)25(27-14-26-21)31-17-5-8-19(9-6-17)36-24-13-22-32-29-16-34(22)15-28-24/h5-10,12-16H,11H2,1-2H3,(H,30,35)(H,26,27,31). The number of nitrogens with one attached hydrogen (secondary N) is 2.